The van der Waals surface area contributed by atoms with Crippen molar-refractivity contribution in [2.24, 2.45) is 0 Å². The van der Waals surface area contributed by atoms with Crippen molar-refractivity contribution in [1.82, 2.24) is 9.55 Å². The highest BCUT2D eigenvalue weighted by atomic mass is 32.1. The molecule has 1 N–H and O–H groups in total. The normalized spacial score (nSPS) is 10.9. The molecule has 0 fully saturated rings. The van der Waals surface area contributed by atoms with E-state index in [2.05, 4.69) is 35.9 Å². The number of nitrogens with zero attached hydrogens (tertiary/aromatic N) is 2. The maximum Gasteiger partial charge on any atom is 0.231 e. The van der Waals surface area contributed by atoms with E-state index in [9.17, 15) is 4.79 Å². The van der Waals surface area contributed by atoms with E-state index >= 15 is 0 Å². The third-order valence-electron chi connectivity index (χ3n) is 6.09. The lowest BCUT2D eigenvalue weighted by Crippen LogP contribution is -2.14. The molecule has 0 radical (unpaired) electrons. The van der Waals surface area contributed by atoms with Crippen molar-refractivity contribution in [2.75, 3.05) is 19.5 Å². The Morgan fingerprint density at radius 3 is 2.57 bits per heavy atom. The number of anilines is 1. The molecule has 0 saturated heterocycles. The van der Waals surface area contributed by atoms with Gasteiger partial charge in [-0.3, -0.25) is 4.79 Å². The summed E-state index contributed by atoms with van der Waals surface area (Å²) in [6.07, 6.45) is 1.13. The highest BCUT2D eigenvalue weighted by Crippen LogP contribution is 2.30. The van der Waals surface area contributed by atoms with Crippen LogP contribution in [0.5, 0.6) is 11.5 Å². The van der Waals surface area contributed by atoms with Crippen LogP contribution in [-0.2, 0) is 24.2 Å². The Labute approximate surface area is 210 Å². The van der Waals surface area contributed by atoms with Gasteiger partial charge in [0, 0.05) is 34.6 Å². The second kappa shape index (κ2) is 10.8. The molecular formula is C28H31N3O3S. The molecule has 1 amide bonds. The predicted octanol–water partition coefficient (Wildman–Crippen LogP) is 5.98. The Morgan fingerprint density at radius 1 is 1.03 bits per heavy atom. The molecule has 0 aliphatic rings. The zero-order valence-electron chi connectivity index (χ0n) is 20.8. The van der Waals surface area contributed by atoms with Crippen LogP contribution in [0.3, 0.4) is 0 Å². The van der Waals surface area contributed by atoms with Gasteiger partial charge < -0.3 is 19.4 Å². The van der Waals surface area contributed by atoms with Crippen molar-refractivity contribution in [2.45, 2.75) is 40.2 Å². The number of carbonyl (C=O) groups is 1. The summed E-state index contributed by atoms with van der Waals surface area (Å²) in [4.78, 5) is 17.3. The van der Waals surface area contributed by atoms with E-state index < -0.39 is 0 Å². The quantitative estimate of drug-likeness (QED) is 0.314. The number of hydrogen-bond acceptors (Lipinski definition) is 5. The molecule has 2 aromatic heterocycles. The van der Waals surface area contributed by atoms with Gasteiger partial charge in [-0.15, -0.1) is 11.3 Å². The summed E-state index contributed by atoms with van der Waals surface area (Å²) >= 11 is 1.52. The third-order valence-corrected chi connectivity index (χ3v) is 6.94. The van der Waals surface area contributed by atoms with Gasteiger partial charge in [0.25, 0.3) is 0 Å². The number of carbonyl (C=O) groups excluding carboxylic acids is 1. The van der Waals surface area contributed by atoms with Crippen LogP contribution in [0.1, 0.15) is 27.5 Å². The largest absolute Gasteiger partial charge is 0.493 e. The van der Waals surface area contributed by atoms with E-state index in [4.69, 9.17) is 14.5 Å². The number of ether oxygens (including phenoxy) is 2. The standard InChI is InChI=1S/C28H31N3O3S/c1-18-7-6-8-22(13-18)29-27(32)16-28-30-24(17-35-28)23-14-19(2)31(20(23)3)12-11-21-9-10-25(33-4)26(15-21)34-5/h6-10,13-15,17H,11-12,16H2,1-5H3,(H,29,32). The Kier molecular flexibility index (Phi) is 7.56. The van der Waals surface area contributed by atoms with E-state index in [0.717, 1.165) is 52.0 Å². The van der Waals surface area contributed by atoms with Crippen LogP contribution >= 0.6 is 11.3 Å². The molecule has 0 unspecified atom stereocenters. The average Bonchev–Trinajstić information content (AvgIpc) is 3.40. The van der Waals surface area contributed by atoms with Gasteiger partial charge in [-0.2, -0.15) is 0 Å². The molecule has 7 heteroatoms. The third kappa shape index (κ3) is 5.74. The summed E-state index contributed by atoms with van der Waals surface area (Å²) in [6.45, 7) is 7.10. The Morgan fingerprint density at radius 2 is 1.83 bits per heavy atom. The number of hydrogen-bond donors (Lipinski definition) is 1. The second-order valence-corrected chi connectivity index (χ2v) is 9.54. The number of rotatable bonds is 9. The number of thiazole rings is 1. The minimum atomic E-state index is -0.0584. The summed E-state index contributed by atoms with van der Waals surface area (Å²) in [7, 11) is 3.30. The van der Waals surface area contributed by atoms with Crippen LogP contribution in [0.25, 0.3) is 11.3 Å². The number of aromatic nitrogens is 2. The summed E-state index contributed by atoms with van der Waals surface area (Å²) in [5, 5.41) is 5.80. The monoisotopic (exact) mass is 489 g/mol. The van der Waals surface area contributed by atoms with Crippen LogP contribution < -0.4 is 14.8 Å². The topological polar surface area (TPSA) is 65.4 Å². The van der Waals surface area contributed by atoms with Gasteiger partial charge >= 0.3 is 0 Å². The molecule has 0 saturated carbocycles. The Balaban J connectivity index is 1.44. The molecule has 0 bridgehead atoms. The van der Waals surface area contributed by atoms with Crippen molar-refractivity contribution in [3.63, 3.8) is 0 Å². The molecule has 0 aliphatic carbocycles. The maximum atomic E-state index is 12.5. The highest BCUT2D eigenvalue weighted by Gasteiger charge is 2.15. The fourth-order valence-corrected chi connectivity index (χ4v) is 5.06. The molecular weight excluding hydrogens is 458 g/mol. The summed E-state index contributed by atoms with van der Waals surface area (Å²) in [5.74, 6) is 1.42. The first-order chi connectivity index (χ1) is 16.9. The molecule has 2 aromatic carbocycles. The van der Waals surface area contributed by atoms with Gasteiger partial charge in [-0.25, -0.2) is 4.98 Å². The highest BCUT2D eigenvalue weighted by molar-refractivity contribution is 7.10. The average molecular weight is 490 g/mol. The fourth-order valence-electron chi connectivity index (χ4n) is 4.26. The Hall–Kier alpha value is -3.58. The lowest BCUT2D eigenvalue weighted by atomic mass is 10.1. The van der Waals surface area contributed by atoms with Gasteiger partial charge in [0.2, 0.25) is 5.91 Å². The molecule has 0 atom stereocenters. The van der Waals surface area contributed by atoms with Gasteiger partial charge in [0.15, 0.2) is 11.5 Å². The van der Waals surface area contributed by atoms with Crippen LogP contribution in [0, 0.1) is 20.8 Å². The van der Waals surface area contributed by atoms with Crippen molar-refractivity contribution < 1.29 is 14.3 Å². The zero-order valence-corrected chi connectivity index (χ0v) is 21.7. The molecule has 0 spiro atoms. The van der Waals surface area contributed by atoms with Crippen molar-refractivity contribution in [3.05, 3.63) is 81.4 Å². The van der Waals surface area contributed by atoms with Crippen molar-refractivity contribution >= 4 is 22.9 Å². The second-order valence-electron chi connectivity index (χ2n) is 8.60. The Bertz CT molecular complexity index is 1340. The number of aryl methyl sites for hydroxylation is 3. The summed E-state index contributed by atoms with van der Waals surface area (Å²) in [6, 6.07) is 16.0. The van der Waals surface area contributed by atoms with Gasteiger partial charge in [-0.05, 0) is 68.7 Å². The number of benzene rings is 2. The smallest absolute Gasteiger partial charge is 0.231 e. The van der Waals surface area contributed by atoms with Crippen molar-refractivity contribution in [3.8, 4) is 22.8 Å². The molecule has 6 nitrogen and oxygen atoms in total. The zero-order chi connectivity index (χ0) is 24.9. The van der Waals surface area contributed by atoms with Crippen LogP contribution in [-0.4, -0.2) is 29.7 Å². The van der Waals surface area contributed by atoms with E-state index in [1.165, 1.54) is 28.3 Å². The first-order valence-corrected chi connectivity index (χ1v) is 12.4. The van der Waals surface area contributed by atoms with Crippen molar-refractivity contribution in [1.29, 1.82) is 0 Å². The minimum Gasteiger partial charge on any atom is -0.493 e. The van der Waals surface area contributed by atoms with Crippen LogP contribution in [0.2, 0.25) is 0 Å². The van der Waals surface area contributed by atoms with Crippen LogP contribution in [0.15, 0.2) is 53.9 Å². The van der Waals surface area contributed by atoms with Crippen LogP contribution in [0.4, 0.5) is 5.69 Å². The van der Waals surface area contributed by atoms with E-state index in [1.54, 1.807) is 14.2 Å². The lowest BCUT2D eigenvalue weighted by molar-refractivity contribution is -0.115. The molecule has 0 aliphatic heterocycles. The molecule has 35 heavy (non-hydrogen) atoms. The molecule has 4 rings (SSSR count). The molecule has 2 heterocycles. The predicted molar refractivity (Wildman–Crippen MR) is 142 cm³/mol. The molecule has 4 aromatic rings. The number of amides is 1. The van der Waals surface area contributed by atoms with Gasteiger partial charge in [0.1, 0.15) is 5.01 Å². The maximum absolute atomic E-state index is 12.5. The first kappa shape index (κ1) is 24.5. The lowest BCUT2D eigenvalue weighted by Gasteiger charge is -2.12. The first-order valence-electron chi connectivity index (χ1n) is 11.6. The van der Waals surface area contributed by atoms with E-state index in [0.29, 0.717) is 0 Å². The fraction of sp³-hybridized carbons (Fsp3) is 0.286. The minimum absolute atomic E-state index is 0.0584. The van der Waals surface area contributed by atoms with Gasteiger partial charge in [0.05, 0.1) is 26.3 Å². The molecule has 182 valence electrons. The van der Waals surface area contributed by atoms with E-state index in [-0.39, 0.29) is 12.3 Å². The summed E-state index contributed by atoms with van der Waals surface area (Å²) < 4.78 is 13.1. The SMILES string of the molecule is COc1ccc(CCn2c(C)cc(-c3csc(CC(=O)Nc4cccc(C)c4)n3)c2C)cc1OC. The van der Waals surface area contributed by atoms with E-state index in [1.807, 2.05) is 48.7 Å². The number of methoxy groups -OCH3 is 2. The van der Waals surface area contributed by atoms with Gasteiger partial charge in [-0.1, -0.05) is 18.2 Å². The summed E-state index contributed by atoms with van der Waals surface area (Å²) in [5.41, 5.74) is 7.49. The number of nitrogens with one attached hydrogen (secondary N) is 1.